The van der Waals surface area contributed by atoms with Gasteiger partial charge in [0.25, 0.3) is 0 Å². The predicted octanol–water partition coefficient (Wildman–Crippen LogP) is 2.06. The molecule has 0 spiro atoms. The van der Waals surface area contributed by atoms with Crippen molar-refractivity contribution in [2.45, 2.75) is 6.92 Å². The van der Waals surface area contributed by atoms with Crippen molar-refractivity contribution >= 4 is 17.3 Å². The molecule has 150 valence electrons. The fourth-order valence-electron chi connectivity index (χ4n) is 3.30. The topological polar surface area (TPSA) is 99.3 Å². The van der Waals surface area contributed by atoms with Gasteiger partial charge in [0, 0.05) is 37.6 Å². The van der Waals surface area contributed by atoms with E-state index in [1.807, 2.05) is 0 Å². The lowest BCUT2D eigenvalue weighted by molar-refractivity contribution is -0.117. The number of ether oxygens (including phenoxy) is 1. The highest BCUT2D eigenvalue weighted by atomic mass is 16.5. The summed E-state index contributed by atoms with van der Waals surface area (Å²) in [6.07, 6.45) is 0. The Labute approximate surface area is 168 Å². The Morgan fingerprint density at radius 3 is 2.62 bits per heavy atom. The van der Waals surface area contributed by atoms with E-state index in [2.05, 4.69) is 66.9 Å². The summed E-state index contributed by atoms with van der Waals surface area (Å²) in [5.41, 5.74) is 3.23. The first-order valence-electron chi connectivity index (χ1n) is 9.51. The number of aromatic nitrogens is 4. The number of aryl methyl sites for hydroxylation is 1. The van der Waals surface area contributed by atoms with Crippen molar-refractivity contribution in [3.05, 3.63) is 54.1 Å². The highest BCUT2D eigenvalue weighted by Crippen LogP contribution is 2.20. The molecule has 9 heteroatoms. The van der Waals surface area contributed by atoms with Gasteiger partial charge in [-0.05, 0) is 54.1 Å². The summed E-state index contributed by atoms with van der Waals surface area (Å²) in [6.45, 7) is 6.03. The third-order valence-electron chi connectivity index (χ3n) is 4.78. The van der Waals surface area contributed by atoms with E-state index >= 15 is 0 Å². The zero-order chi connectivity index (χ0) is 20.1. The molecule has 1 amide bonds. The van der Waals surface area contributed by atoms with Crippen molar-refractivity contribution in [2.75, 3.05) is 42.9 Å². The van der Waals surface area contributed by atoms with Crippen LogP contribution in [0.15, 0.2) is 48.5 Å². The average Bonchev–Trinajstić information content (AvgIpc) is 3.23. The first-order valence-corrected chi connectivity index (χ1v) is 9.51. The monoisotopic (exact) mass is 393 g/mol. The number of nitrogens with one attached hydrogen (secondary N) is 2. The van der Waals surface area contributed by atoms with Gasteiger partial charge in [0.2, 0.25) is 5.91 Å². The van der Waals surface area contributed by atoms with Gasteiger partial charge in [-0.2, -0.15) is 5.21 Å². The zero-order valence-corrected chi connectivity index (χ0v) is 16.2. The number of nitrogens with zero attached hydrogens (tertiary/aromatic N) is 5. The average molecular weight is 393 g/mol. The van der Waals surface area contributed by atoms with E-state index < -0.39 is 0 Å². The molecule has 9 nitrogen and oxygen atoms in total. The summed E-state index contributed by atoms with van der Waals surface area (Å²) in [4.78, 5) is 16.9. The van der Waals surface area contributed by atoms with Gasteiger partial charge in [0.15, 0.2) is 0 Å². The summed E-state index contributed by atoms with van der Waals surface area (Å²) in [6, 6.07) is 15.7. The molecule has 1 aliphatic heterocycles. The van der Waals surface area contributed by atoms with Crippen LogP contribution in [0.25, 0.3) is 0 Å². The first kappa shape index (κ1) is 18.9. The molecular formula is C20H23N7O2. The number of H-pyrrole nitrogens is 1. The van der Waals surface area contributed by atoms with Gasteiger partial charge in [0.1, 0.15) is 5.75 Å². The first-order chi connectivity index (χ1) is 14.2. The van der Waals surface area contributed by atoms with Crippen LogP contribution in [0.3, 0.4) is 0 Å². The quantitative estimate of drug-likeness (QED) is 0.661. The Hall–Kier alpha value is -3.46. The Kier molecular flexibility index (Phi) is 5.66. The summed E-state index contributed by atoms with van der Waals surface area (Å²) >= 11 is 0. The number of carbonyl (C=O) groups is 1. The fraction of sp³-hybridized carbons (Fsp3) is 0.300. The third-order valence-corrected chi connectivity index (χ3v) is 4.78. The lowest BCUT2D eigenvalue weighted by Crippen LogP contribution is -2.48. The molecule has 1 fully saturated rings. The maximum Gasteiger partial charge on any atom is 0.361 e. The Bertz CT molecular complexity index is 936. The maximum absolute atomic E-state index is 12.4. The zero-order valence-electron chi connectivity index (χ0n) is 16.2. The van der Waals surface area contributed by atoms with Crippen LogP contribution in [0.2, 0.25) is 0 Å². The number of hydrogen-bond acceptors (Lipinski definition) is 7. The summed E-state index contributed by atoms with van der Waals surface area (Å²) in [7, 11) is 0. The third kappa shape index (κ3) is 5.08. The molecule has 0 aliphatic carbocycles. The van der Waals surface area contributed by atoms with E-state index in [1.165, 1.54) is 11.3 Å². The van der Waals surface area contributed by atoms with Crippen LogP contribution in [-0.2, 0) is 4.79 Å². The molecule has 2 heterocycles. The normalized spacial score (nSPS) is 14.6. The number of anilines is 2. The van der Waals surface area contributed by atoms with E-state index in [9.17, 15) is 4.79 Å². The van der Waals surface area contributed by atoms with Gasteiger partial charge in [0.05, 0.1) is 6.54 Å². The van der Waals surface area contributed by atoms with Crippen molar-refractivity contribution < 1.29 is 9.53 Å². The number of benzene rings is 2. The molecule has 1 saturated heterocycles. The maximum atomic E-state index is 12.4. The van der Waals surface area contributed by atoms with Crippen molar-refractivity contribution in [3.8, 4) is 11.8 Å². The number of carbonyl (C=O) groups excluding carboxylic acids is 1. The van der Waals surface area contributed by atoms with Crippen LogP contribution in [0.4, 0.5) is 11.4 Å². The molecule has 29 heavy (non-hydrogen) atoms. The lowest BCUT2D eigenvalue weighted by Gasteiger charge is -2.35. The molecule has 2 N–H and O–H groups in total. The van der Waals surface area contributed by atoms with Crippen molar-refractivity contribution in [3.63, 3.8) is 0 Å². The number of piperazine rings is 1. The van der Waals surface area contributed by atoms with E-state index in [0.29, 0.717) is 18.0 Å². The molecule has 0 unspecified atom stereocenters. The number of aromatic amines is 1. The van der Waals surface area contributed by atoms with Gasteiger partial charge in [-0.15, -0.1) is 0 Å². The molecule has 2 aromatic carbocycles. The number of tetrazole rings is 1. The van der Waals surface area contributed by atoms with Gasteiger partial charge in [-0.25, -0.2) is 0 Å². The Balaban J connectivity index is 1.24. The van der Waals surface area contributed by atoms with Gasteiger partial charge in [-0.3, -0.25) is 9.69 Å². The van der Waals surface area contributed by atoms with Crippen LogP contribution in [0, 0.1) is 6.92 Å². The Morgan fingerprint density at radius 2 is 1.93 bits per heavy atom. The van der Waals surface area contributed by atoms with Crippen molar-refractivity contribution in [2.24, 2.45) is 0 Å². The molecule has 1 aliphatic rings. The smallest absolute Gasteiger partial charge is 0.361 e. The minimum atomic E-state index is -0.0270. The SMILES string of the molecule is Cc1cccc(N2CCN(CC(=O)Nc3ccc(Oc4nn[nH]n4)cc3)CC2)c1. The largest absolute Gasteiger partial charge is 0.422 e. The van der Waals surface area contributed by atoms with Gasteiger partial charge >= 0.3 is 6.01 Å². The van der Waals surface area contributed by atoms with E-state index in [1.54, 1.807) is 24.3 Å². The minimum Gasteiger partial charge on any atom is -0.422 e. The van der Waals surface area contributed by atoms with E-state index in [-0.39, 0.29) is 11.9 Å². The van der Waals surface area contributed by atoms with Crippen LogP contribution in [-0.4, -0.2) is 64.2 Å². The summed E-state index contributed by atoms with van der Waals surface area (Å²) in [5, 5.41) is 16.1. The second kappa shape index (κ2) is 8.70. The molecule has 3 aromatic rings. The summed E-state index contributed by atoms with van der Waals surface area (Å²) < 4.78 is 5.41. The summed E-state index contributed by atoms with van der Waals surface area (Å²) in [5.74, 6) is 0.539. The lowest BCUT2D eigenvalue weighted by atomic mass is 10.2. The highest BCUT2D eigenvalue weighted by Gasteiger charge is 2.19. The minimum absolute atomic E-state index is 0.0270. The van der Waals surface area contributed by atoms with Crippen LogP contribution < -0.4 is 15.0 Å². The number of rotatable bonds is 6. The van der Waals surface area contributed by atoms with E-state index in [4.69, 9.17) is 4.74 Å². The van der Waals surface area contributed by atoms with Gasteiger partial charge < -0.3 is 15.0 Å². The van der Waals surface area contributed by atoms with Crippen LogP contribution in [0.1, 0.15) is 5.56 Å². The molecule has 0 atom stereocenters. The number of hydrogen-bond donors (Lipinski definition) is 2. The molecule has 4 rings (SSSR count). The second-order valence-electron chi connectivity index (χ2n) is 6.97. The highest BCUT2D eigenvalue weighted by molar-refractivity contribution is 5.92. The second-order valence-corrected chi connectivity index (χ2v) is 6.97. The van der Waals surface area contributed by atoms with Crippen LogP contribution in [0.5, 0.6) is 11.8 Å². The van der Waals surface area contributed by atoms with Crippen molar-refractivity contribution in [1.82, 2.24) is 25.5 Å². The van der Waals surface area contributed by atoms with Crippen molar-refractivity contribution in [1.29, 1.82) is 0 Å². The Morgan fingerprint density at radius 1 is 1.14 bits per heavy atom. The molecule has 0 saturated carbocycles. The predicted molar refractivity (Wildman–Crippen MR) is 109 cm³/mol. The molecular weight excluding hydrogens is 370 g/mol. The molecule has 1 aromatic heterocycles. The molecule has 0 radical (unpaired) electrons. The number of amides is 1. The molecule has 0 bridgehead atoms. The van der Waals surface area contributed by atoms with Gasteiger partial charge in [-0.1, -0.05) is 22.3 Å². The van der Waals surface area contributed by atoms with Crippen LogP contribution >= 0.6 is 0 Å². The standard InChI is InChI=1S/C20H23N7O2/c1-15-3-2-4-17(13-15)27-11-9-26(10-12-27)14-19(28)21-16-5-7-18(8-6-16)29-20-22-24-25-23-20/h2-8,13H,9-12,14H2,1H3,(H,21,28)(H,22,23,24,25). The fourth-order valence-corrected chi connectivity index (χ4v) is 3.30. The van der Waals surface area contributed by atoms with E-state index in [0.717, 1.165) is 26.2 Å².